The van der Waals surface area contributed by atoms with Crippen LogP contribution >= 0.6 is 11.3 Å². The maximum absolute atomic E-state index is 10.8. The van der Waals surface area contributed by atoms with Crippen molar-refractivity contribution >= 4 is 23.0 Å². The molecule has 0 aliphatic carbocycles. The zero-order chi connectivity index (χ0) is 12.3. The highest BCUT2D eigenvalue weighted by Crippen LogP contribution is 2.15. The molecule has 2 heterocycles. The molecule has 0 aliphatic heterocycles. The third-order valence-electron chi connectivity index (χ3n) is 2.29. The molecule has 0 aromatic carbocycles. The SMILES string of the molecule is CN(Cc1cscn1)c1ccnc(C(=O)O)c1. The standard InChI is InChI=1S/C11H11N3O2S/c1-14(5-8-6-17-7-13-8)9-2-3-12-10(4-9)11(15)16/h2-4,6-7H,5H2,1H3,(H,15,16). The van der Waals surface area contributed by atoms with E-state index in [-0.39, 0.29) is 5.69 Å². The molecule has 0 amide bonds. The zero-order valence-electron chi connectivity index (χ0n) is 9.20. The van der Waals surface area contributed by atoms with Crippen LogP contribution in [-0.2, 0) is 6.54 Å². The number of carboxylic acids is 1. The summed E-state index contributed by atoms with van der Waals surface area (Å²) in [5.41, 5.74) is 3.60. The molecule has 0 saturated heterocycles. The quantitative estimate of drug-likeness (QED) is 0.896. The van der Waals surface area contributed by atoms with Crippen molar-refractivity contribution in [2.75, 3.05) is 11.9 Å². The van der Waals surface area contributed by atoms with Gasteiger partial charge in [-0.05, 0) is 12.1 Å². The summed E-state index contributed by atoms with van der Waals surface area (Å²) in [7, 11) is 1.89. The van der Waals surface area contributed by atoms with Crippen molar-refractivity contribution in [3.05, 3.63) is 40.6 Å². The van der Waals surface area contributed by atoms with Crippen LogP contribution in [0.5, 0.6) is 0 Å². The van der Waals surface area contributed by atoms with Gasteiger partial charge in [0.2, 0.25) is 0 Å². The van der Waals surface area contributed by atoms with Crippen molar-refractivity contribution in [2.24, 2.45) is 0 Å². The second kappa shape index (κ2) is 4.92. The topological polar surface area (TPSA) is 66.3 Å². The third kappa shape index (κ3) is 2.79. The van der Waals surface area contributed by atoms with Gasteiger partial charge in [0.15, 0.2) is 0 Å². The van der Waals surface area contributed by atoms with Crippen molar-refractivity contribution in [3.8, 4) is 0 Å². The Balaban J connectivity index is 2.16. The first kappa shape index (κ1) is 11.5. The van der Waals surface area contributed by atoms with Crippen LogP contribution in [0.2, 0.25) is 0 Å². The molecule has 1 N–H and O–H groups in total. The fourth-order valence-electron chi connectivity index (χ4n) is 1.42. The lowest BCUT2D eigenvalue weighted by molar-refractivity contribution is 0.0690. The minimum atomic E-state index is -1.02. The number of aromatic carboxylic acids is 1. The van der Waals surface area contributed by atoms with Crippen LogP contribution in [0.4, 0.5) is 5.69 Å². The number of aromatic nitrogens is 2. The molecule has 5 nitrogen and oxygen atoms in total. The predicted molar refractivity (Wildman–Crippen MR) is 65.4 cm³/mol. The van der Waals surface area contributed by atoms with Gasteiger partial charge in [-0.2, -0.15) is 0 Å². The number of thiazole rings is 1. The molecule has 2 aromatic heterocycles. The number of hydrogen-bond acceptors (Lipinski definition) is 5. The average Bonchev–Trinajstić information content (AvgIpc) is 2.82. The number of hydrogen-bond donors (Lipinski definition) is 1. The van der Waals surface area contributed by atoms with Gasteiger partial charge in [-0.15, -0.1) is 11.3 Å². The molecule has 0 bridgehead atoms. The molecule has 17 heavy (non-hydrogen) atoms. The minimum Gasteiger partial charge on any atom is -0.477 e. The van der Waals surface area contributed by atoms with E-state index >= 15 is 0 Å². The summed E-state index contributed by atoms with van der Waals surface area (Å²) in [6.45, 7) is 0.645. The summed E-state index contributed by atoms with van der Waals surface area (Å²) < 4.78 is 0. The number of nitrogens with zero attached hydrogens (tertiary/aromatic N) is 3. The van der Waals surface area contributed by atoms with E-state index in [0.29, 0.717) is 6.54 Å². The monoisotopic (exact) mass is 249 g/mol. The second-order valence-corrected chi connectivity index (χ2v) is 4.26. The highest BCUT2D eigenvalue weighted by Gasteiger charge is 2.08. The van der Waals surface area contributed by atoms with Gasteiger partial charge in [-0.3, -0.25) is 0 Å². The Labute approximate surface area is 102 Å². The van der Waals surface area contributed by atoms with E-state index in [1.54, 1.807) is 29.0 Å². The number of anilines is 1. The third-order valence-corrected chi connectivity index (χ3v) is 2.92. The van der Waals surface area contributed by atoms with Gasteiger partial charge in [0.25, 0.3) is 0 Å². The first-order valence-corrected chi connectivity index (χ1v) is 5.88. The Morgan fingerprint density at radius 2 is 2.35 bits per heavy atom. The lowest BCUT2D eigenvalue weighted by Crippen LogP contribution is -2.17. The van der Waals surface area contributed by atoms with Gasteiger partial charge < -0.3 is 10.0 Å². The Bertz CT molecular complexity index is 513. The number of carbonyl (C=O) groups is 1. The fourth-order valence-corrected chi connectivity index (χ4v) is 1.97. The number of carboxylic acid groups (broad SMARTS) is 1. The van der Waals surface area contributed by atoms with Crippen LogP contribution in [0.25, 0.3) is 0 Å². The van der Waals surface area contributed by atoms with Crippen LogP contribution in [-0.4, -0.2) is 28.1 Å². The Morgan fingerprint density at radius 1 is 1.53 bits per heavy atom. The van der Waals surface area contributed by atoms with E-state index in [0.717, 1.165) is 11.4 Å². The lowest BCUT2D eigenvalue weighted by atomic mass is 10.3. The highest BCUT2D eigenvalue weighted by atomic mass is 32.1. The highest BCUT2D eigenvalue weighted by molar-refractivity contribution is 7.07. The van der Waals surface area contributed by atoms with E-state index in [1.807, 2.05) is 17.3 Å². The van der Waals surface area contributed by atoms with Crippen molar-refractivity contribution < 1.29 is 9.90 Å². The van der Waals surface area contributed by atoms with E-state index in [2.05, 4.69) is 9.97 Å². The Hall–Kier alpha value is -1.95. The molecular weight excluding hydrogens is 238 g/mol. The van der Waals surface area contributed by atoms with Gasteiger partial charge in [-0.25, -0.2) is 14.8 Å². The van der Waals surface area contributed by atoms with Gasteiger partial charge in [0.05, 0.1) is 17.7 Å². The molecule has 6 heteroatoms. The van der Waals surface area contributed by atoms with E-state index in [9.17, 15) is 4.79 Å². The first-order valence-electron chi connectivity index (χ1n) is 4.94. The van der Waals surface area contributed by atoms with Gasteiger partial charge >= 0.3 is 5.97 Å². The van der Waals surface area contributed by atoms with E-state index in [4.69, 9.17) is 5.11 Å². The molecule has 0 aliphatic rings. The molecule has 0 fully saturated rings. The largest absolute Gasteiger partial charge is 0.477 e. The molecule has 0 atom stereocenters. The van der Waals surface area contributed by atoms with Crippen molar-refractivity contribution in [1.29, 1.82) is 0 Å². The van der Waals surface area contributed by atoms with Crippen LogP contribution in [0.3, 0.4) is 0 Å². The molecule has 88 valence electrons. The molecule has 0 radical (unpaired) electrons. The number of pyridine rings is 1. The molecule has 2 rings (SSSR count). The summed E-state index contributed by atoms with van der Waals surface area (Å²) in [6.07, 6.45) is 1.50. The van der Waals surface area contributed by atoms with Crippen molar-refractivity contribution in [2.45, 2.75) is 6.54 Å². The lowest BCUT2D eigenvalue weighted by Gasteiger charge is -2.17. The maximum atomic E-state index is 10.8. The van der Waals surface area contributed by atoms with Crippen LogP contribution < -0.4 is 4.90 Å². The molecule has 2 aromatic rings. The maximum Gasteiger partial charge on any atom is 0.354 e. The molecule has 0 unspecified atom stereocenters. The van der Waals surface area contributed by atoms with Crippen LogP contribution in [0.1, 0.15) is 16.2 Å². The molecule has 0 spiro atoms. The zero-order valence-corrected chi connectivity index (χ0v) is 10.0. The smallest absolute Gasteiger partial charge is 0.354 e. The van der Waals surface area contributed by atoms with Crippen LogP contribution in [0.15, 0.2) is 29.2 Å². The second-order valence-electron chi connectivity index (χ2n) is 3.54. The van der Waals surface area contributed by atoms with E-state index < -0.39 is 5.97 Å². The fraction of sp³-hybridized carbons (Fsp3) is 0.182. The van der Waals surface area contributed by atoms with Gasteiger partial charge in [0, 0.05) is 24.3 Å². The summed E-state index contributed by atoms with van der Waals surface area (Å²) >= 11 is 1.54. The van der Waals surface area contributed by atoms with Crippen molar-refractivity contribution in [3.63, 3.8) is 0 Å². The Morgan fingerprint density at radius 3 is 3.00 bits per heavy atom. The molecule has 0 saturated carbocycles. The summed E-state index contributed by atoms with van der Waals surface area (Å²) in [5, 5.41) is 10.8. The Kier molecular flexibility index (Phi) is 3.34. The van der Waals surface area contributed by atoms with Gasteiger partial charge in [0.1, 0.15) is 5.69 Å². The predicted octanol–water partition coefficient (Wildman–Crippen LogP) is 1.87. The van der Waals surface area contributed by atoms with E-state index in [1.165, 1.54) is 6.20 Å². The average molecular weight is 249 g/mol. The van der Waals surface area contributed by atoms with Gasteiger partial charge in [-0.1, -0.05) is 0 Å². The summed E-state index contributed by atoms with van der Waals surface area (Å²) in [5.74, 6) is -1.02. The molecular formula is C11H11N3O2S. The minimum absolute atomic E-state index is 0.0487. The number of rotatable bonds is 4. The van der Waals surface area contributed by atoms with Crippen molar-refractivity contribution in [1.82, 2.24) is 9.97 Å². The normalized spacial score (nSPS) is 10.2. The summed E-state index contributed by atoms with van der Waals surface area (Å²) in [4.78, 5) is 20.7. The van der Waals surface area contributed by atoms with Crippen LogP contribution in [0, 0.1) is 0 Å². The first-order chi connectivity index (χ1) is 8.16. The summed E-state index contributed by atoms with van der Waals surface area (Å²) in [6, 6.07) is 3.33.